The van der Waals surface area contributed by atoms with Gasteiger partial charge in [0, 0.05) is 86.6 Å². The first kappa shape index (κ1) is 61.5. The average molecular weight is 1200 g/mol. The summed E-state index contributed by atoms with van der Waals surface area (Å²) in [4.78, 5) is 73.4. The molecule has 9 rings (SSSR count). The summed E-state index contributed by atoms with van der Waals surface area (Å²) in [6.07, 6.45) is 6.89. The van der Waals surface area contributed by atoms with Gasteiger partial charge in [0.15, 0.2) is 5.82 Å². The van der Waals surface area contributed by atoms with Crippen molar-refractivity contribution < 1.29 is 52.0 Å². The minimum atomic E-state index is -0.971. The van der Waals surface area contributed by atoms with E-state index in [1.165, 1.54) is 28.0 Å². The quantitative estimate of drug-likeness (QED) is 0.0322. The molecule has 5 amide bonds. The van der Waals surface area contributed by atoms with Gasteiger partial charge in [-0.05, 0) is 81.3 Å². The van der Waals surface area contributed by atoms with Crippen LogP contribution < -0.4 is 31.3 Å². The number of nitrogens with zero attached hydrogens (tertiary/aromatic N) is 7. The van der Waals surface area contributed by atoms with Crippen LogP contribution in [-0.4, -0.2) is 177 Å². The lowest BCUT2D eigenvalue weighted by molar-refractivity contribution is -0.139. The number of nitrogens with two attached hydrogens (primary N) is 1. The molecule has 6 N–H and O–H groups in total. The summed E-state index contributed by atoms with van der Waals surface area (Å²) in [6, 6.07) is 15.4. The number of thiazole rings is 1. The number of likely N-dealkylation sites (tertiary alicyclic amines) is 1. The second-order valence-corrected chi connectivity index (χ2v) is 22.5. The van der Waals surface area contributed by atoms with E-state index in [0.29, 0.717) is 71.6 Å². The predicted octanol–water partition coefficient (Wildman–Crippen LogP) is 8.14. The molecule has 84 heavy (non-hydrogen) atoms. The van der Waals surface area contributed by atoms with Crippen LogP contribution in [0.1, 0.15) is 69.3 Å². The number of amides is 5. The summed E-state index contributed by atoms with van der Waals surface area (Å²) in [7, 11) is 3.41. The molecule has 4 aromatic carbocycles. The molecule has 0 radical (unpaired) electrons. The van der Waals surface area contributed by atoms with Crippen molar-refractivity contribution in [2.24, 2.45) is 11.7 Å². The minimum absolute atomic E-state index is 0.00315. The van der Waals surface area contributed by atoms with Crippen molar-refractivity contribution in [2.45, 2.75) is 76.4 Å². The fourth-order valence-corrected chi connectivity index (χ4v) is 12.3. The number of phenolic OH excluding ortho intramolecular Hbond substituents is 1. The van der Waals surface area contributed by atoms with E-state index in [1.807, 2.05) is 47.1 Å². The van der Waals surface area contributed by atoms with Gasteiger partial charge in [-0.15, -0.1) is 11.3 Å². The van der Waals surface area contributed by atoms with Gasteiger partial charge in [-0.2, -0.15) is 4.98 Å². The lowest BCUT2D eigenvalue weighted by Gasteiger charge is -2.35. The number of likely N-dealkylation sites (N-methyl/N-ethyl adjacent to an activating group) is 2. The number of primary amides is 1. The Kier molecular flexibility index (Phi) is 21.4. The zero-order valence-electron chi connectivity index (χ0n) is 47.7. The summed E-state index contributed by atoms with van der Waals surface area (Å²) in [5.41, 5.74) is 6.35. The van der Waals surface area contributed by atoms with Crippen molar-refractivity contribution >= 4 is 80.1 Å². The summed E-state index contributed by atoms with van der Waals surface area (Å²) in [5.74, 6) is -1.54. The number of carbonyl (C=O) groups excluding carboxylic acids is 4. The van der Waals surface area contributed by atoms with Crippen LogP contribution in [0.3, 0.4) is 0 Å². The van der Waals surface area contributed by atoms with Crippen LogP contribution in [0.5, 0.6) is 11.5 Å². The number of carbonyl (C=O) groups is 4. The third-order valence-corrected chi connectivity index (χ3v) is 17.1. The Morgan fingerprint density at radius 1 is 0.833 bits per heavy atom. The van der Waals surface area contributed by atoms with Crippen molar-refractivity contribution in [3.8, 4) is 33.9 Å². The highest BCUT2D eigenvalue weighted by molar-refractivity contribution is 7.10. The number of phenols is 1. The number of piperazine rings is 1. The third kappa shape index (κ3) is 14.7. The first-order valence-electron chi connectivity index (χ1n) is 28.8. The number of urea groups is 1. The highest BCUT2D eigenvalue weighted by Crippen LogP contribution is 2.44. The Morgan fingerprint density at radius 3 is 2.26 bits per heavy atom. The SMILES string of the molecule is CN[C@@H](C)C(=O)NC(C(=O)N1CCC[C@H]1c1nc(-c2ccc(OCCOCCOCCOCCN(C)C(=O)CCNc3nc(N4CCN(C(N)=O)CC4)c4cc(Cl)c(-c5c(O)cccc5F)c(F)c4n3)c3ccccc23)cs1)C1CCCCC1. The zero-order chi connectivity index (χ0) is 59.3. The summed E-state index contributed by atoms with van der Waals surface area (Å²) >= 11 is 8.14. The van der Waals surface area contributed by atoms with Crippen molar-refractivity contribution in [1.82, 2.24) is 40.3 Å². The number of aromatic nitrogens is 3. The molecule has 20 nitrogen and oxygen atoms in total. The molecule has 24 heteroatoms. The maximum absolute atomic E-state index is 16.5. The smallest absolute Gasteiger partial charge is 0.314 e. The zero-order valence-corrected chi connectivity index (χ0v) is 49.3. The van der Waals surface area contributed by atoms with Gasteiger partial charge in [0.05, 0.1) is 68.0 Å². The molecule has 1 aliphatic carbocycles. The molecule has 3 atom stereocenters. The van der Waals surface area contributed by atoms with Gasteiger partial charge in [-0.25, -0.2) is 23.5 Å². The number of halogens is 3. The van der Waals surface area contributed by atoms with Gasteiger partial charge in [0.2, 0.25) is 23.7 Å². The lowest BCUT2D eigenvalue weighted by atomic mass is 9.83. The number of ether oxygens (including phenoxy) is 4. The molecule has 1 saturated carbocycles. The molecule has 2 aliphatic heterocycles. The Labute approximate surface area is 496 Å². The lowest BCUT2D eigenvalue weighted by Crippen LogP contribution is -2.55. The van der Waals surface area contributed by atoms with Crippen LogP contribution >= 0.6 is 22.9 Å². The number of hydrogen-bond donors (Lipinski definition) is 5. The van der Waals surface area contributed by atoms with Gasteiger partial charge in [0.1, 0.15) is 46.3 Å². The molecule has 6 aromatic rings. The average Bonchev–Trinajstić information content (AvgIpc) is 1.68. The number of aromatic hydroxyl groups is 1. The summed E-state index contributed by atoms with van der Waals surface area (Å²) < 4.78 is 54.9. The number of anilines is 2. The van der Waals surface area contributed by atoms with Crippen LogP contribution in [0.4, 0.5) is 25.3 Å². The molecule has 3 aliphatic rings. The van der Waals surface area contributed by atoms with Crippen molar-refractivity contribution in [1.29, 1.82) is 0 Å². The standard InChI is InChI=1S/C60H74ClF2N11O9S/c1-37(65-2)56(77)68-53(38-11-5-4-6-12-38)58(78)74-22-10-16-46(74)57-67-45(36-84-57)40-18-19-48(41-14-8-7-13-39(40)41)83-34-33-82-32-31-81-30-29-80-28-27-71(3)49(76)20-21-66-60-69-54-42(55(70-60)72-23-25-73(26-24-72)59(64)79)35-43(61)50(52(54)63)51-44(62)15-9-17-47(51)75/h7-9,13-15,17-19,35-38,46,53,65,75H,4-6,10-12,16,20-34H2,1-3H3,(H2,64,79)(H,68,77)(H,66,69,70)/t37-,46-,53?/m0/s1. The van der Waals surface area contributed by atoms with E-state index >= 15 is 8.78 Å². The maximum atomic E-state index is 16.5. The van der Waals surface area contributed by atoms with Gasteiger partial charge in [-0.1, -0.05) is 61.2 Å². The van der Waals surface area contributed by atoms with Crippen molar-refractivity contribution in [2.75, 3.05) is 116 Å². The fraction of sp³-hybridized carbons (Fsp3) is 0.483. The van der Waals surface area contributed by atoms with Crippen LogP contribution in [0.2, 0.25) is 5.02 Å². The number of hydrogen-bond acceptors (Lipinski definition) is 16. The van der Waals surface area contributed by atoms with Crippen molar-refractivity contribution in [3.05, 3.63) is 87.7 Å². The van der Waals surface area contributed by atoms with Crippen molar-refractivity contribution in [3.63, 3.8) is 0 Å². The topological polar surface area (TPSA) is 239 Å². The maximum Gasteiger partial charge on any atom is 0.314 e. The van der Waals surface area contributed by atoms with E-state index in [0.717, 1.165) is 83.8 Å². The van der Waals surface area contributed by atoms with Gasteiger partial charge >= 0.3 is 6.03 Å². The highest BCUT2D eigenvalue weighted by atomic mass is 35.5. The van der Waals surface area contributed by atoms with Crippen LogP contribution in [0.25, 0.3) is 44.1 Å². The molecule has 1 unspecified atom stereocenters. The highest BCUT2D eigenvalue weighted by Gasteiger charge is 2.40. The first-order chi connectivity index (χ1) is 40.7. The van der Waals surface area contributed by atoms with Crippen LogP contribution in [-0.2, 0) is 28.6 Å². The Hall–Kier alpha value is -7.02. The molecule has 2 saturated heterocycles. The molecule has 0 spiro atoms. The number of fused-ring (bicyclic) bond motifs is 2. The molecule has 450 valence electrons. The minimum Gasteiger partial charge on any atom is -0.507 e. The van der Waals surface area contributed by atoms with E-state index in [2.05, 4.69) is 37.4 Å². The second-order valence-electron chi connectivity index (χ2n) is 21.3. The van der Waals surface area contributed by atoms with E-state index < -0.39 is 41.1 Å². The predicted molar refractivity (Wildman–Crippen MR) is 319 cm³/mol. The largest absolute Gasteiger partial charge is 0.507 e. The third-order valence-electron chi connectivity index (χ3n) is 15.9. The molecule has 4 heterocycles. The fourth-order valence-electron chi connectivity index (χ4n) is 11.1. The Balaban J connectivity index is 0.685. The van der Waals surface area contributed by atoms with Crippen LogP contribution in [0.15, 0.2) is 66.0 Å². The first-order valence-corrected chi connectivity index (χ1v) is 30.0. The van der Waals surface area contributed by atoms with E-state index in [9.17, 15) is 24.3 Å². The molecule has 3 fully saturated rings. The number of rotatable bonds is 26. The van der Waals surface area contributed by atoms with E-state index in [4.69, 9.17) is 41.3 Å². The van der Waals surface area contributed by atoms with Gasteiger partial charge in [-0.3, -0.25) is 14.4 Å². The van der Waals surface area contributed by atoms with E-state index in [-0.39, 0.29) is 89.8 Å². The Bertz CT molecular complexity index is 3250. The molecular formula is C60H74ClF2N11O9S. The monoisotopic (exact) mass is 1200 g/mol. The van der Waals surface area contributed by atoms with Gasteiger partial charge in [0.25, 0.3) is 0 Å². The van der Waals surface area contributed by atoms with Gasteiger partial charge < -0.3 is 65.3 Å². The summed E-state index contributed by atoms with van der Waals surface area (Å²) in [6.45, 7) is 6.39. The molecule has 2 aromatic heterocycles. The molecular weight excluding hydrogens is 1120 g/mol. The van der Waals surface area contributed by atoms with E-state index in [1.54, 1.807) is 25.4 Å². The second kappa shape index (κ2) is 29.2. The van der Waals surface area contributed by atoms with Crippen LogP contribution in [0, 0.1) is 17.6 Å². The normalized spacial score (nSPS) is 16.5. The number of nitrogens with one attached hydrogen (secondary N) is 3. The summed E-state index contributed by atoms with van der Waals surface area (Å²) in [5, 5.41) is 24.7. The molecule has 0 bridgehead atoms. The number of benzene rings is 4. The Morgan fingerprint density at radius 2 is 1.55 bits per heavy atom.